The molecule has 1 aliphatic heterocycles. The second kappa shape index (κ2) is 3.14. The van der Waals surface area contributed by atoms with E-state index in [-0.39, 0.29) is 0 Å². The minimum atomic E-state index is 0.797. The minimum Gasteiger partial charge on any atom is -0.336 e. The molecule has 0 atom stereocenters. The van der Waals surface area contributed by atoms with Gasteiger partial charge in [0.2, 0.25) is 0 Å². The van der Waals surface area contributed by atoms with E-state index in [0.29, 0.717) is 0 Å². The van der Waals surface area contributed by atoms with E-state index >= 15 is 0 Å². The summed E-state index contributed by atoms with van der Waals surface area (Å²) in [6.45, 7) is 1.99. The van der Waals surface area contributed by atoms with Crippen LogP contribution in [0.25, 0.3) is 0 Å². The van der Waals surface area contributed by atoms with Crippen molar-refractivity contribution in [3.63, 3.8) is 0 Å². The van der Waals surface area contributed by atoms with Crippen LogP contribution in [0.3, 0.4) is 0 Å². The minimum absolute atomic E-state index is 0.797. The molecule has 0 fully saturated rings. The van der Waals surface area contributed by atoms with Crippen LogP contribution in [-0.2, 0) is 0 Å². The van der Waals surface area contributed by atoms with E-state index in [1.54, 1.807) is 12.3 Å². The van der Waals surface area contributed by atoms with Gasteiger partial charge in [-0.25, -0.2) is 4.99 Å². The quantitative estimate of drug-likeness (QED) is 0.562. The van der Waals surface area contributed by atoms with Gasteiger partial charge in [0.05, 0.1) is 0 Å². The molecule has 11 heavy (non-hydrogen) atoms. The summed E-state index contributed by atoms with van der Waals surface area (Å²) in [6.07, 6.45) is 6.65. The Labute approximate surface area is 66.2 Å². The van der Waals surface area contributed by atoms with Crippen LogP contribution in [0.15, 0.2) is 28.7 Å². The van der Waals surface area contributed by atoms with Crippen LogP contribution in [0.2, 0.25) is 0 Å². The molecule has 0 amide bonds. The van der Waals surface area contributed by atoms with Crippen molar-refractivity contribution in [1.29, 1.82) is 5.41 Å². The largest absolute Gasteiger partial charge is 0.336 e. The van der Waals surface area contributed by atoms with Crippen LogP contribution in [0.5, 0.6) is 0 Å². The van der Waals surface area contributed by atoms with Gasteiger partial charge in [0.15, 0.2) is 0 Å². The summed E-state index contributed by atoms with van der Waals surface area (Å²) < 4.78 is 0. The molecule has 58 valence electrons. The van der Waals surface area contributed by atoms with Crippen molar-refractivity contribution < 1.29 is 0 Å². The highest BCUT2D eigenvalue weighted by Gasteiger charge is 2.02. The standard InChI is InChI=1S/C8H11N3/c1-7-5-10-8(3-4-9)11(2)6-7/h3-6,9H,1-2H3/b8-3-,9-4?. The van der Waals surface area contributed by atoms with Gasteiger partial charge in [-0.15, -0.1) is 0 Å². The Bertz CT molecular complexity index is 248. The molecule has 0 aliphatic carbocycles. The summed E-state index contributed by atoms with van der Waals surface area (Å²) in [7, 11) is 1.91. The molecule has 0 saturated carbocycles. The molecule has 0 bridgehead atoms. The number of allylic oxidation sites excluding steroid dienone is 2. The van der Waals surface area contributed by atoms with Crippen LogP contribution in [0, 0.1) is 5.41 Å². The molecule has 0 radical (unpaired) electrons. The first-order valence-electron chi connectivity index (χ1n) is 3.40. The fraction of sp³-hybridized carbons (Fsp3) is 0.250. The molecule has 0 aromatic heterocycles. The van der Waals surface area contributed by atoms with Crippen LogP contribution < -0.4 is 0 Å². The second-order valence-electron chi connectivity index (χ2n) is 2.43. The smallest absolute Gasteiger partial charge is 0.133 e. The number of nitrogens with one attached hydrogen (secondary N) is 1. The number of aliphatic imine (C=N–C) groups is 1. The maximum atomic E-state index is 6.86. The van der Waals surface area contributed by atoms with E-state index in [1.807, 2.05) is 25.1 Å². The lowest BCUT2D eigenvalue weighted by Crippen LogP contribution is -2.13. The molecular weight excluding hydrogens is 138 g/mol. The third kappa shape index (κ3) is 1.77. The molecule has 1 N–H and O–H groups in total. The van der Waals surface area contributed by atoms with Crippen molar-refractivity contribution in [1.82, 2.24) is 4.90 Å². The third-order valence-corrected chi connectivity index (χ3v) is 1.39. The van der Waals surface area contributed by atoms with Gasteiger partial charge in [-0.05, 0) is 18.6 Å². The predicted octanol–water partition coefficient (Wildman–Crippen LogP) is 1.40. The molecule has 1 aliphatic rings. The molecule has 0 aromatic carbocycles. The molecule has 3 heteroatoms. The van der Waals surface area contributed by atoms with E-state index < -0.39 is 0 Å². The summed E-state index contributed by atoms with van der Waals surface area (Å²) in [4.78, 5) is 6.01. The summed E-state index contributed by atoms with van der Waals surface area (Å²) in [5, 5.41) is 6.86. The Hall–Kier alpha value is -1.38. The van der Waals surface area contributed by atoms with Crippen LogP contribution in [-0.4, -0.2) is 24.4 Å². The lowest BCUT2D eigenvalue weighted by Gasteiger charge is -2.17. The van der Waals surface area contributed by atoms with Crippen molar-refractivity contribution >= 4 is 12.4 Å². The Balaban J connectivity index is 2.85. The summed E-state index contributed by atoms with van der Waals surface area (Å²) in [6, 6.07) is 0. The van der Waals surface area contributed by atoms with Gasteiger partial charge in [0.25, 0.3) is 0 Å². The summed E-state index contributed by atoms with van der Waals surface area (Å²) in [5.74, 6) is 0.797. The highest BCUT2D eigenvalue weighted by Crippen LogP contribution is 2.09. The van der Waals surface area contributed by atoms with Gasteiger partial charge >= 0.3 is 0 Å². The normalized spacial score (nSPS) is 20.4. The average molecular weight is 149 g/mol. The first-order valence-corrected chi connectivity index (χ1v) is 3.40. The van der Waals surface area contributed by atoms with E-state index in [1.165, 1.54) is 6.21 Å². The van der Waals surface area contributed by atoms with E-state index in [2.05, 4.69) is 4.99 Å². The zero-order valence-electron chi connectivity index (χ0n) is 6.70. The van der Waals surface area contributed by atoms with Crippen LogP contribution in [0.4, 0.5) is 0 Å². The van der Waals surface area contributed by atoms with Crippen LogP contribution >= 0.6 is 0 Å². The number of hydrogen-bond acceptors (Lipinski definition) is 3. The zero-order valence-corrected chi connectivity index (χ0v) is 6.70. The molecular formula is C8H11N3. The molecule has 3 nitrogen and oxygen atoms in total. The molecule has 0 spiro atoms. The third-order valence-electron chi connectivity index (χ3n) is 1.39. The van der Waals surface area contributed by atoms with Crippen molar-refractivity contribution in [2.75, 3.05) is 7.05 Å². The lowest BCUT2D eigenvalue weighted by atomic mass is 10.3. The van der Waals surface area contributed by atoms with E-state index in [9.17, 15) is 0 Å². The summed E-state index contributed by atoms with van der Waals surface area (Å²) >= 11 is 0. The SMILES string of the molecule is CC1=CN(C)/C(=C\C=N)N=C1. The van der Waals surface area contributed by atoms with Gasteiger partial charge in [-0.2, -0.15) is 0 Å². The van der Waals surface area contributed by atoms with Gasteiger partial charge in [0.1, 0.15) is 5.82 Å². The Morgan fingerprint density at radius 3 is 2.91 bits per heavy atom. The maximum absolute atomic E-state index is 6.86. The Morgan fingerprint density at radius 1 is 1.64 bits per heavy atom. The monoisotopic (exact) mass is 149 g/mol. The summed E-state index contributed by atoms with van der Waals surface area (Å²) in [5.41, 5.74) is 1.12. The van der Waals surface area contributed by atoms with Gasteiger partial charge in [-0.3, -0.25) is 0 Å². The number of hydrogen-bond donors (Lipinski definition) is 1. The maximum Gasteiger partial charge on any atom is 0.133 e. The van der Waals surface area contributed by atoms with Crippen molar-refractivity contribution in [3.8, 4) is 0 Å². The average Bonchev–Trinajstić information content (AvgIpc) is 1.95. The first kappa shape index (κ1) is 7.72. The topological polar surface area (TPSA) is 39.5 Å². The highest BCUT2D eigenvalue weighted by molar-refractivity contribution is 5.80. The van der Waals surface area contributed by atoms with E-state index in [0.717, 1.165) is 11.4 Å². The van der Waals surface area contributed by atoms with E-state index in [4.69, 9.17) is 5.41 Å². The number of rotatable bonds is 1. The molecule has 0 unspecified atom stereocenters. The first-order chi connectivity index (χ1) is 5.24. The molecule has 1 rings (SSSR count). The highest BCUT2D eigenvalue weighted by atomic mass is 15.2. The van der Waals surface area contributed by atoms with Gasteiger partial charge in [0, 0.05) is 25.7 Å². The fourth-order valence-electron chi connectivity index (χ4n) is 0.899. The van der Waals surface area contributed by atoms with Crippen molar-refractivity contribution in [3.05, 3.63) is 23.7 Å². The van der Waals surface area contributed by atoms with Crippen molar-refractivity contribution in [2.45, 2.75) is 6.92 Å². The Morgan fingerprint density at radius 2 is 2.36 bits per heavy atom. The lowest BCUT2D eigenvalue weighted by molar-refractivity contribution is 0.555. The van der Waals surface area contributed by atoms with Gasteiger partial charge < -0.3 is 10.3 Å². The zero-order chi connectivity index (χ0) is 8.27. The molecule has 1 heterocycles. The Kier molecular flexibility index (Phi) is 2.21. The molecule has 0 saturated heterocycles. The number of nitrogens with zero attached hydrogens (tertiary/aromatic N) is 2. The predicted molar refractivity (Wildman–Crippen MR) is 46.9 cm³/mol. The second-order valence-corrected chi connectivity index (χ2v) is 2.43. The van der Waals surface area contributed by atoms with Crippen LogP contribution in [0.1, 0.15) is 6.92 Å². The fourth-order valence-corrected chi connectivity index (χ4v) is 0.899. The van der Waals surface area contributed by atoms with Gasteiger partial charge in [-0.1, -0.05) is 0 Å². The van der Waals surface area contributed by atoms with Crippen molar-refractivity contribution in [2.24, 2.45) is 4.99 Å². The molecule has 0 aromatic rings.